The van der Waals surface area contributed by atoms with Crippen molar-refractivity contribution in [3.63, 3.8) is 0 Å². The molecule has 0 saturated carbocycles. The number of aryl methyl sites for hydroxylation is 1. The number of nitrogens with zero attached hydrogens (tertiary/aromatic N) is 4. The van der Waals surface area contributed by atoms with Crippen molar-refractivity contribution in [2.24, 2.45) is 12.1 Å². The van der Waals surface area contributed by atoms with Crippen molar-refractivity contribution in [3.05, 3.63) is 59.2 Å². The second-order valence-electron chi connectivity index (χ2n) is 5.00. The lowest BCUT2D eigenvalue weighted by Crippen LogP contribution is -3.00. The zero-order chi connectivity index (χ0) is 15.6. The predicted molar refractivity (Wildman–Crippen MR) is 95.2 cm³/mol. The lowest BCUT2D eigenvalue weighted by molar-refractivity contribution is -0.505. The summed E-state index contributed by atoms with van der Waals surface area (Å²) < 4.78 is 4.35. The molecule has 1 N–H and O–H groups in total. The first-order valence-corrected chi connectivity index (χ1v) is 8.80. The fourth-order valence-electron chi connectivity index (χ4n) is 2.40. The monoisotopic (exact) mass is 419 g/mol. The van der Waals surface area contributed by atoms with Gasteiger partial charge in [-0.15, -0.1) is 11.3 Å². The van der Waals surface area contributed by atoms with Gasteiger partial charge in [-0.2, -0.15) is 9.50 Å². The Morgan fingerprint density at radius 3 is 2.75 bits per heavy atom. The quantitative estimate of drug-likeness (QED) is 0.295. The van der Waals surface area contributed by atoms with Crippen LogP contribution in [0.3, 0.4) is 0 Å². The van der Waals surface area contributed by atoms with Crippen molar-refractivity contribution in [2.75, 3.05) is 5.43 Å². The minimum absolute atomic E-state index is 0. The van der Waals surface area contributed by atoms with Crippen molar-refractivity contribution >= 4 is 39.0 Å². The van der Waals surface area contributed by atoms with Crippen molar-refractivity contribution in [2.45, 2.75) is 0 Å². The minimum Gasteiger partial charge on any atom is -1.00 e. The summed E-state index contributed by atoms with van der Waals surface area (Å²) in [5, 5.41) is 8.99. The van der Waals surface area contributed by atoms with Gasteiger partial charge >= 0.3 is 4.96 Å². The molecule has 0 aliphatic heterocycles. The molecular weight excluding hydrogens is 406 g/mol. The number of aromatic nitrogens is 3. The van der Waals surface area contributed by atoms with Crippen LogP contribution in [0.15, 0.2) is 58.7 Å². The van der Waals surface area contributed by atoms with E-state index in [1.54, 1.807) is 23.7 Å². The summed E-state index contributed by atoms with van der Waals surface area (Å²) in [5.74, 6) is 0. The Kier molecular flexibility index (Phi) is 5.08. The van der Waals surface area contributed by atoms with Gasteiger partial charge in [-0.1, -0.05) is 23.5 Å². The second-order valence-corrected chi connectivity index (χ2v) is 6.76. The predicted octanol–water partition coefficient (Wildman–Crippen LogP) is 0.399. The van der Waals surface area contributed by atoms with E-state index in [-0.39, 0.29) is 17.0 Å². The molecule has 24 heavy (non-hydrogen) atoms. The summed E-state index contributed by atoms with van der Waals surface area (Å²) in [6, 6.07) is 8.36. The summed E-state index contributed by atoms with van der Waals surface area (Å²) in [6.45, 7) is 0. The Bertz CT molecular complexity index is 954. The van der Waals surface area contributed by atoms with Gasteiger partial charge in [0, 0.05) is 22.5 Å². The molecule has 0 aliphatic rings. The van der Waals surface area contributed by atoms with Gasteiger partial charge in [0.1, 0.15) is 12.4 Å². The third-order valence-electron chi connectivity index (χ3n) is 3.54. The molecule has 0 radical (unpaired) electrons. The van der Waals surface area contributed by atoms with Gasteiger partial charge in [-0.25, -0.2) is 9.55 Å². The lowest BCUT2D eigenvalue weighted by atomic mass is 10.1. The van der Waals surface area contributed by atoms with E-state index in [2.05, 4.69) is 73.6 Å². The Labute approximate surface area is 157 Å². The molecule has 1 aromatic carbocycles. The van der Waals surface area contributed by atoms with Crippen LogP contribution in [0.1, 0.15) is 5.56 Å². The average molecular weight is 420 g/mol. The van der Waals surface area contributed by atoms with Gasteiger partial charge in [0.25, 0.3) is 0 Å². The maximum atomic E-state index is 4.20. The van der Waals surface area contributed by atoms with E-state index in [9.17, 15) is 0 Å². The summed E-state index contributed by atoms with van der Waals surface area (Å²) in [6.07, 6.45) is 7.78. The highest BCUT2D eigenvalue weighted by atomic mass is 79.9. The fourth-order valence-corrected chi connectivity index (χ4v) is 3.69. The molecule has 3 aromatic heterocycles. The molecule has 0 bridgehead atoms. The first kappa shape index (κ1) is 16.8. The fraction of sp³-hybridized carbons (Fsp3) is 0.0625. The van der Waals surface area contributed by atoms with Crippen LogP contribution in [0.2, 0.25) is 0 Å². The number of hydrazone groups is 1. The maximum absolute atomic E-state index is 4.20. The van der Waals surface area contributed by atoms with E-state index in [4.69, 9.17) is 0 Å². The number of benzene rings is 1. The molecular formula is C16H14BrN5S2. The number of fused-ring (bicyclic) bond motifs is 1. The molecule has 0 saturated heterocycles. The molecule has 4 aromatic rings. The Morgan fingerprint density at radius 2 is 2.04 bits per heavy atom. The highest BCUT2D eigenvalue weighted by Crippen LogP contribution is 2.21. The van der Waals surface area contributed by atoms with Crippen LogP contribution < -0.4 is 26.8 Å². The van der Waals surface area contributed by atoms with Gasteiger partial charge in [0.05, 0.1) is 13.3 Å². The van der Waals surface area contributed by atoms with Gasteiger partial charge < -0.3 is 17.0 Å². The Hall–Kier alpha value is -2.03. The van der Waals surface area contributed by atoms with E-state index in [0.29, 0.717) is 0 Å². The van der Waals surface area contributed by atoms with Crippen LogP contribution in [-0.4, -0.2) is 15.8 Å². The highest BCUT2D eigenvalue weighted by molar-refractivity contribution is 7.14. The molecule has 0 atom stereocenters. The van der Waals surface area contributed by atoms with E-state index in [0.717, 1.165) is 10.7 Å². The molecule has 5 nitrogen and oxygen atoms in total. The van der Waals surface area contributed by atoms with Crippen molar-refractivity contribution < 1.29 is 21.4 Å². The van der Waals surface area contributed by atoms with Crippen LogP contribution >= 0.6 is 22.7 Å². The number of imidazole rings is 1. The van der Waals surface area contributed by atoms with E-state index >= 15 is 0 Å². The Balaban J connectivity index is 0.00000169. The van der Waals surface area contributed by atoms with E-state index in [1.165, 1.54) is 27.6 Å². The van der Waals surface area contributed by atoms with Crippen molar-refractivity contribution in [1.82, 2.24) is 9.55 Å². The first-order valence-electron chi connectivity index (χ1n) is 7.04. The number of hydrogen-bond donors (Lipinski definition) is 1. The Morgan fingerprint density at radius 1 is 1.21 bits per heavy atom. The number of thiazole rings is 2. The molecule has 0 fully saturated rings. The van der Waals surface area contributed by atoms with E-state index in [1.807, 2.05) is 5.38 Å². The molecule has 0 unspecified atom stereocenters. The zero-order valence-electron chi connectivity index (χ0n) is 12.8. The number of rotatable bonds is 4. The van der Waals surface area contributed by atoms with Crippen LogP contribution in [0, 0.1) is 0 Å². The standard InChI is InChI=1S/C16H14N5S2.BrH/c1-20-14(11-21-7-9-23-16(20)21)13-4-2-12(3-5-13)10-18-19-15-17-6-8-22-15;/h2-11H,1H3,(H,17,19);1H/q+1;/p-1/b18-10+;. The second kappa shape index (κ2) is 7.25. The summed E-state index contributed by atoms with van der Waals surface area (Å²) >= 11 is 3.26. The van der Waals surface area contributed by atoms with Crippen molar-refractivity contribution in [1.29, 1.82) is 0 Å². The average Bonchev–Trinajstić information content (AvgIpc) is 3.28. The zero-order valence-corrected chi connectivity index (χ0v) is 16.0. The first-order chi connectivity index (χ1) is 11.3. The number of halogens is 1. The molecule has 3 heterocycles. The van der Waals surface area contributed by atoms with Crippen LogP contribution in [0.25, 0.3) is 16.2 Å². The third kappa shape index (κ3) is 3.26. The number of hydrogen-bond acceptors (Lipinski definition) is 5. The topological polar surface area (TPSA) is 46.3 Å². The van der Waals surface area contributed by atoms with Gasteiger partial charge in [-0.3, -0.25) is 5.43 Å². The smallest absolute Gasteiger partial charge is 0.345 e. The normalized spacial score (nSPS) is 11.0. The molecule has 8 heteroatoms. The SMILES string of the molecule is Cn1c(-c2ccc(/C=N/Nc3nccs3)cc2)c[n+]2ccsc12.[Br-]. The van der Waals surface area contributed by atoms with Gasteiger partial charge in [0.15, 0.2) is 5.69 Å². The van der Waals surface area contributed by atoms with Gasteiger partial charge in [-0.05, 0) is 17.7 Å². The minimum atomic E-state index is 0. The van der Waals surface area contributed by atoms with E-state index < -0.39 is 0 Å². The molecule has 0 spiro atoms. The highest BCUT2D eigenvalue weighted by Gasteiger charge is 2.16. The van der Waals surface area contributed by atoms with Crippen LogP contribution in [-0.2, 0) is 7.05 Å². The van der Waals surface area contributed by atoms with Crippen molar-refractivity contribution in [3.8, 4) is 11.3 Å². The molecule has 0 aliphatic carbocycles. The van der Waals surface area contributed by atoms with Gasteiger partial charge in [0.2, 0.25) is 5.13 Å². The maximum Gasteiger partial charge on any atom is 0.345 e. The van der Waals surface area contributed by atoms with Crippen LogP contribution in [0.4, 0.5) is 5.13 Å². The largest absolute Gasteiger partial charge is 1.00 e. The molecule has 122 valence electrons. The third-order valence-corrected chi connectivity index (χ3v) is 5.17. The number of nitrogens with one attached hydrogen (secondary N) is 1. The molecule has 4 rings (SSSR count). The number of anilines is 1. The summed E-state index contributed by atoms with van der Waals surface area (Å²) in [7, 11) is 2.09. The summed E-state index contributed by atoms with van der Waals surface area (Å²) in [4.78, 5) is 5.34. The lowest BCUT2D eigenvalue weighted by Gasteiger charge is -1.98. The summed E-state index contributed by atoms with van der Waals surface area (Å²) in [5.41, 5.74) is 6.34. The van der Waals surface area contributed by atoms with Crippen LogP contribution in [0.5, 0.6) is 0 Å². The molecule has 0 amide bonds.